The third-order valence-electron chi connectivity index (χ3n) is 4.32. The van der Waals surface area contributed by atoms with Gasteiger partial charge in [0.05, 0.1) is 6.61 Å². The average molecular weight is 399 g/mol. The van der Waals surface area contributed by atoms with Gasteiger partial charge in [-0.05, 0) is 55.7 Å². The molecular formula is C22H23ClN2O3. The third-order valence-corrected chi connectivity index (χ3v) is 4.55. The van der Waals surface area contributed by atoms with Crippen molar-refractivity contribution in [1.29, 1.82) is 0 Å². The lowest BCUT2D eigenvalue weighted by atomic mass is 10.1. The predicted octanol–water partition coefficient (Wildman–Crippen LogP) is 4.84. The van der Waals surface area contributed by atoms with Crippen molar-refractivity contribution in [3.05, 3.63) is 82.1 Å². The van der Waals surface area contributed by atoms with Crippen LogP contribution in [0.3, 0.4) is 0 Å². The molecule has 0 spiro atoms. The molecule has 0 aliphatic carbocycles. The van der Waals surface area contributed by atoms with E-state index in [1.165, 1.54) is 0 Å². The van der Waals surface area contributed by atoms with Crippen molar-refractivity contribution in [2.45, 2.75) is 33.4 Å². The number of carbonyl (C=O) groups is 1. The van der Waals surface area contributed by atoms with E-state index in [0.29, 0.717) is 36.9 Å². The summed E-state index contributed by atoms with van der Waals surface area (Å²) in [6.07, 6.45) is 0.676. The van der Waals surface area contributed by atoms with E-state index in [4.69, 9.17) is 21.1 Å². The van der Waals surface area contributed by atoms with E-state index < -0.39 is 5.97 Å². The molecule has 5 nitrogen and oxygen atoms in total. The van der Waals surface area contributed by atoms with Crippen LogP contribution in [0, 0.1) is 6.92 Å². The molecule has 0 aliphatic heterocycles. The fraction of sp³-hybridized carbons (Fsp3) is 0.273. The maximum absolute atomic E-state index is 11.9. The van der Waals surface area contributed by atoms with Crippen molar-refractivity contribution >= 4 is 17.6 Å². The number of esters is 1. The van der Waals surface area contributed by atoms with Crippen molar-refractivity contribution in [2.75, 3.05) is 6.61 Å². The molecule has 0 N–H and O–H groups in total. The fourth-order valence-electron chi connectivity index (χ4n) is 2.89. The van der Waals surface area contributed by atoms with Crippen LogP contribution in [-0.2, 0) is 24.3 Å². The number of hydrogen-bond acceptors (Lipinski definition) is 4. The summed E-state index contributed by atoms with van der Waals surface area (Å²) in [5, 5.41) is 5.02. The summed E-state index contributed by atoms with van der Waals surface area (Å²) in [6.45, 7) is 5.12. The Morgan fingerprint density at radius 2 is 1.93 bits per heavy atom. The summed E-state index contributed by atoms with van der Waals surface area (Å²) in [5.41, 5.74) is 3.32. The van der Waals surface area contributed by atoms with Crippen LogP contribution >= 0.6 is 11.6 Å². The highest BCUT2D eigenvalue weighted by Crippen LogP contribution is 2.25. The molecule has 0 aliphatic rings. The van der Waals surface area contributed by atoms with Crippen LogP contribution in [0.2, 0.25) is 5.02 Å². The van der Waals surface area contributed by atoms with Crippen LogP contribution in [0.1, 0.15) is 34.2 Å². The second-order valence-electron chi connectivity index (χ2n) is 6.39. The lowest BCUT2D eigenvalue weighted by molar-refractivity contribution is 0.0518. The van der Waals surface area contributed by atoms with Gasteiger partial charge < -0.3 is 9.47 Å². The van der Waals surface area contributed by atoms with Gasteiger partial charge >= 0.3 is 5.97 Å². The van der Waals surface area contributed by atoms with Crippen LogP contribution in [0.4, 0.5) is 0 Å². The van der Waals surface area contributed by atoms with Gasteiger partial charge in [-0.3, -0.25) is 4.68 Å². The van der Waals surface area contributed by atoms with Gasteiger partial charge in [0.25, 0.3) is 0 Å². The van der Waals surface area contributed by atoms with Crippen molar-refractivity contribution in [2.24, 2.45) is 0 Å². The highest BCUT2D eigenvalue weighted by Gasteiger charge is 2.14. The minimum atomic E-state index is -0.404. The van der Waals surface area contributed by atoms with E-state index in [1.807, 2.05) is 55.5 Å². The fourth-order valence-corrected chi connectivity index (χ4v) is 3.08. The normalized spacial score (nSPS) is 10.7. The largest absolute Gasteiger partial charge is 0.489 e. The van der Waals surface area contributed by atoms with Crippen LogP contribution in [0.5, 0.6) is 5.75 Å². The smallest absolute Gasteiger partial charge is 0.358 e. The van der Waals surface area contributed by atoms with Gasteiger partial charge in [-0.25, -0.2) is 4.79 Å². The highest BCUT2D eigenvalue weighted by molar-refractivity contribution is 6.30. The summed E-state index contributed by atoms with van der Waals surface area (Å²) in [4.78, 5) is 11.9. The minimum Gasteiger partial charge on any atom is -0.489 e. The average Bonchev–Trinajstić information content (AvgIpc) is 3.07. The third kappa shape index (κ3) is 5.14. The number of nitrogens with zero attached hydrogens (tertiary/aromatic N) is 2. The molecule has 6 heteroatoms. The molecule has 0 saturated heterocycles. The Hall–Kier alpha value is -2.79. The highest BCUT2D eigenvalue weighted by atomic mass is 35.5. The Kier molecular flexibility index (Phi) is 6.71. The van der Waals surface area contributed by atoms with Crippen LogP contribution < -0.4 is 4.74 Å². The summed E-state index contributed by atoms with van der Waals surface area (Å²) in [5.74, 6) is 0.391. The van der Waals surface area contributed by atoms with Gasteiger partial charge in [-0.1, -0.05) is 41.9 Å². The van der Waals surface area contributed by atoms with Crippen LogP contribution in [0.25, 0.3) is 0 Å². The van der Waals surface area contributed by atoms with Gasteiger partial charge in [-0.2, -0.15) is 5.10 Å². The molecule has 0 bridgehead atoms. The van der Waals surface area contributed by atoms with Crippen LogP contribution in [0.15, 0.2) is 54.6 Å². The first kappa shape index (κ1) is 20.0. The number of carbonyl (C=O) groups excluding carboxylic acids is 1. The van der Waals surface area contributed by atoms with Crippen molar-refractivity contribution < 1.29 is 14.3 Å². The van der Waals surface area contributed by atoms with E-state index in [0.717, 1.165) is 22.6 Å². The number of hydrogen-bond donors (Lipinski definition) is 0. The molecular weight excluding hydrogens is 376 g/mol. The molecule has 0 amide bonds. The van der Waals surface area contributed by atoms with E-state index >= 15 is 0 Å². The topological polar surface area (TPSA) is 53.4 Å². The van der Waals surface area contributed by atoms with Crippen LogP contribution in [-0.4, -0.2) is 22.4 Å². The summed E-state index contributed by atoms with van der Waals surface area (Å²) in [7, 11) is 0. The number of benzene rings is 2. The second kappa shape index (κ2) is 9.42. The Morgan fingerprint density at radius 1 is 1.14 bits per heavy atom. The molecule has 28 heavy (non-hydrogen) atoms. The lowest BCUT2D eigenvalue weighted by Crippen LogP contribution is -2.09. The van der Waals surface area contributed by atoms with E-state index in [1.54, 1.807) is 17.7 Å². The van der Waals surface area contributed by atoms with E-state index in [2.05, 4.69) is 5.10 Å². The zero-order valence-electron chi connectivity index (χ0n) is 16.0. The van der Waals surface area contributed by atoms with Gasteiger partial charge in [-0.15, -0.1) is 0 Å². The predicted molar refractivity (Wildman–Crippen MR) is 109 cm³/mol. The molecule has 0 radical (unpaired) electrons. The molecule has 0 saturated carbocycles. The first-order valence-corrected chi connectivity index (χ1v) is 9.61. The summed E-state index contributed by atoms with van der Waals surface area (Å²) < 4.78 is 12.8. The lowest BCUT2D eigenvalue weighted by Gasteiger charge is -2.13. The SMILES string of the molecule is CCOC(=O)c1cc(C)n(CCc2cc(Cl)ccc2OCc2ccccc2)n1. The van der Waals surface area contributed by atoms with E-state index in [9.17, 15) is 4.79 Å². The zero-order chi connectivity index (χ0) is 19.9. The number of halogens is 1. The molecule has 2 aromatic carbocycles. The number of rotatable bonds is 8. The quantitative estimate of drug-likeness (QED) is 0.509. The molecule has 0 atom stereocenters. The van der Waals surface area contributed by atoms with Gasteiger partial charge in [0, 0.05) is 17.3 Å². The maximum Gasteiger partial charge on any atom is 0.358 e. The monoisotopic (exact) mass is 398 g/mol. The maximum atomic E-state index is 11.9. The molecule has 146 valence electrons. The zero-order valence-corrected chi connectivity index (χ0v) is 16.8. The Labute approximate surface area is 169 Å². The van der Waals surface area contributed by atoms with Crippen molar-refractivity contribution in [3.8, 4) is 5.75 Å². The molecule has 3 rings (SSSR count). The second-order valence-corrected chi connectivity index (χ2v) is 6.83. The number of aromatic nitrogens is 2. The van der Waals surface area contributed by atoms with Crippen molar-refractivity contribution in [1.82, 2.24) is 9.78 Å². The minimum absolute atomic E-state index is 0.325. The number of ether oxygens (including phenoxy) is 2. The Morgan fingerprint density at radius 3 is 2.68 bits per heavy atom. The Balaban J connectivity index is 1.70. The molecule has 1 heterocycles. The number of aryl methyl sites for hydroxylation is 3. The molecule has 3 aromatic rings. The Bertz CT molecular complexity index is 938. The van der Waals surface area contributed by atoms with Gasteiger partial charge in [0.2, 0.25) is 0 Å². The standard InChI is InChI=1S/C22H23ClN2O3/c1-3-27-22(26)20-13-16(2)25(24-20)12-11-18-14-19(23)9-10-21(18)28-15-17-7-5-4-6-8-17/h4-10,13-14H,3,11-12,15H2,1-2H3. The van der Waals surface area contributed by atoms with Gasteiger partial charge in [0.15, 0.2) is 5.69 Å². The molecule has 1 aromatic heterocycles. The van der Waals surface area contributed by atoms with Crippen molar-refractivity contribution in [3.63, 3.8) is 0 Å². The first-order valence-electron chi connectivity index (χ1n) is 9.23. The summed E-state index contributed by atoms with van der Waals surface area (Å²) in [6, 6.07) is 17.4. The molecule has 0 fully saturated rings. The molecule has 0 unspecified atom stereocenters. The van der Waals surface area contributed by atoms with Gasteiger partial charge in [0.1, 0.15) is 12.4 Å². The van der Waals surface area contributed by atoms with E-state index in [-0.39, 0.29) is 0 Å². The summed E-state index contributed by atoms with van der Waals surface area (Å²) >= 11 is 6.19. The first-order chi connectivity index (χ1) is 13.6.